The molecule has 1 atom stereocenters. The van der Waals surface area contributed by atoms with Crippen LogP contribution in [0.4, 0.5) is 14.5 Å². The summed E-state index contributed by atoms with van der Waals surface area (Å²) in [6.07, 6.45) is 1.95. The molecular formula is C13H17F2N3O. The van der Waals surface area contributed by atoms with Crippen LogP contribution in [0.1, 0.15) is 12.8 Å². The molecule has 1 unspecified atom stereocenters. The van der Waals surface area contributed by atoms with Crippen molar-refractivity contribution in [3.63, 3.8) is 0 Å². The highest BCUT2D eigenvalue weighted by Crippen LogP contribution is 2.13. The van der Waals surface area contributed by atoms with Crippen LogP contribution in [0.25, 0.3) is 0 Å². The summed E-state index contributed by atoms with van der Waals surface area (Å²) in [6.45, 7) is 1.73. The van der Waals surface area contributed by atoms with Crippen LogP contribution in [-0.2, 0) is 4.79 Å². The van der Waals surface area contributed by atoms with Crippen molar-refractivity contribution in [2.45, 2.75) is 18.9 Å². The maximum absolute atomic E-state index is 13.0. The summed E-state index contributed by atoms with van der Waals surface area (Å²) < 4.78 is 25.7. The molecule has 1 aliphatic heterocycles. The minimum absolute atomic E-state index is 0.102. The second-order valence-corrected chi connectivity index (χ2v) is 4.81. The van der Waals surface area contributed by atoms with E-state index in [1.54, 1.807) is 0 Å². The monoisotopic (exact) mass is 269 g/mol. The quantitative estimate of drug-likeness (QED) is 0.870. The van der Waals surface area contributed by atoms with Crippen molar-refractivity contribution >= 4 is 11.6 Å². The molecule has 2 rings (SSSR count). The van der Waals surface area contributed by atoms with Crippen LogP contribution in [0.5, 0.6) is 0 Å². The Morgan fingerprint density at radius 3 is 2.89 bits per heavy atom. The molecule has 0 radical (unpaired) electrons. The van der Waals surface area contributed by atoms with E-state index in [4.69, 9.17) is 5.73 Å². The SMILES string of the molecule is NC1CCCN(CC(=O)Nc2ccc(F)c(F)c2)C1. The Kier molecular flexibility index (Phi) is 4.44. The fraction of sp³-hybridized carbons (Fsp3) is 0.462. The first kappa shape index (κ1) is 13.9. The van der Waals surface area contributed by atoms with Crippen LogP contribution in [0.15, 0.2) is 18.2 Å². The van der Waals surface area contributed by atoms with Gasteiger partial charge in [-0.2, -0.15) is 0 Å². The highest BCUT2D eigenvalue weighted by Gasteiger charge is 2.18. The van der Waals surface area contributed by atoms with Gasteiger partial charge in [0.1, 0.15) is 0 Å². The number of amides is 1. The van der Waals surface area contributed by atoms with Crippen molar-refractivity contribution in [1.82, 2.24) is 4.90 Å². The van der Waals surface area contributed by atoms with Gasteiger partial charge in [-0.15, -0.1) is 0 Å². The standard InChI is InChI=1S/C13H17F2N3O/c14-11-4-3-10(6-12(11)15)17-13(19)8-18-5-1-2-9(16)7-18/h3-4,6,9H,1-2,5,7-8,16H2,(H,17,19). The van der Waals surface area contributed by atoms with E-state index in [-0.39, 0.29) is 24.2 Å². The summed E-state index contributed by atoms with van der Waals surface area (Å²) in [5.74, 6) is -2.15. The number of hydrogen-bond donors (Lipinski definition) is 2. The summed E-state index contributed by atoms with van der Waals surface area (Å²) in [5.41, 5.74) is 6.08. The second-order valence-electron chi connectivity index (χ2n) is 4.81. The number of benzene rings is 1. The van der Waals surface area contributed by atoms with Gasteiger partial charge in [-0.1, -0.05) is 0 Å². The molecular weight excluding hydrogens is 252 g/mol. The van der Waals surface area contributed by atoms with Crippen LogP contribution in [0.2, 0.25) is 0 Å². The Hall–Kier alpha value is -1.53. The lowest BCUT2D eigenvalue weighted by Gasteiger charge is -2.29. The van der Waals surface area contributed by atoms with Gasteiger partial charge in [0.05, 0.1) is 6.54 Å². The number of likely N-dealkylation sites (tertiary alicyclic amines) is 1. The number of halogens is 2. The number of hydrogen-bond acceptors (Lipinski definition) is 3. The molecule has 1 saturated heterocycles. The zero-order chi connectivity index (χ0) is 13.8. The smallest absolute Gasteiger partial charge is 0.238 e. The predicted octanol–water partition coefficient (Wildman–Crippen LogP) is 1.33. The van der Waals surface area contributed by atoms with E-state index in [1.807, 2.05) is 4.90 Å². The van der Waals surface area contributed by atoms with Gasteiger partial charge in [0.2, 0.25) is 5.91 Å². The molecule has 19 heavy (non-hydrogen) atoms. The molecule has 1 amide bonds. The predicted molar refractivity (Wildman–Crippen MR) is 68.6 cm³/mol. The first-order chi connectivity index (χ1) is 9.04. The van der Waals surface area contributed by atoms with Crippen LogP contribution >= 0.6 is 0 Å². The van der Waals surface area contributed by atoms with Crippen LogP contribution in [0.3, 0.4) is 0 Å². The Labute approximate surface area is 110 Å². The van der Waals surface area contributed by atoms with Crippen molar-refractivity contribution in [1.29, 1.82) is 0 Å². The Morgan fingerprint density at radius 1 is 1.42 bits per heavy atom. The topological polar surface area (TPSA) is 58.4 Å². The molecule has 0 bridgehead atoms. The second kappa shape index (κ2) is 6.08. The largest absolute Gasteiger partial charge is 0.327 e. The van der Waals surface area contributed by atoms with Gasteiger partial charge in [-0.3, -0.25) is 9.69 Å². The third-order valence-corrected chi connectivity index (χ3v) is 3.11. The molecule has 1 heterocycles. The molecule has 6 heteroatoms. The van der Waals surface area contributed by atoms with Gasteiger partial charge >= 0.3 is 0 Å². The average Bonchev–Trinajstić information content (AvgIpc) is 2.34. The molecule has 0 spiro atoms. The number of carbonyl (C=O) groups excluding carboxylic acids is 1. The summed E-state index contributed by atoms with van der Waals surface area (Å²) in [5, 5.41) is 2.54. The summed E-state index contributed by atoms with van der Waals surface area (Å²) >= 11 is 0. The van der Waals surface area contributed by atoms with E-state index >= 15 is 0 Å². The molecule has 3 N–H and O–H groups in total. The number of anilines is 1. The maximum atomic E-state index is 13.0. The summed E-state index contributed by atoms with van der Waals surface area (Å²) in [6, 6.07) is 3.39. The van der Waals surface area contributed by atoms with Gasteiger partial charge in [-0.25, -0.2) is 8.78 Å². The third kappa shape index (κ3) is 3.97. The van der Waals surface area contributed by atoms with E-state index in [0.717, 1.165) is 31.5 Å². The van der Waals surface area contributed by atoms with Gasteiger partial charge in [0.25, 0.3) is 0 Å². The fourth-order valence-electron chi connectivity index (χ4n) is 2.21. The fourth-order valence-corrected chi connectivity index (χ4v) is 2.21. The Balaban J connectivity index is 1.88. The Morgan fingerprint density at radius 2 is 2.21 bits per heavy atom. The van der Waals surface area contributed by atoms with Crippen molar-refractivity contribution in [2.24, 2.45) is 5.73 Å². The maximum Gasteiger partial charge on any atom is 0.238 e. The molecule has 1 aliphatic rings. The molecule has 1 fully saturated rings. The average molecular weight is 269 g/mol. The van der Waals surface area contributed by atoms with Crippen molar-refractivity contribution < 1.29 is 13.6 Å². The molecule has 0 saturated carbocycles. The van der Waals surface area contributed by atoms with E-state index in [1.165, 1.54) is 6.07 Å². The zero-order valence-corrected chi connectivity index (χ0v) is 10.5. The molecule has 4 nitrogen and oxygen atoms in total. The number of rotatable bonds is 3. The van der Waals surface area contributed by atoms with Crippen molar-refractivity contribution in [3.8, 4) is 0 Å². The van der Waals surface area contributed by atoms with E-state index < -0.39 is 11.6 Å². The van der Waals surface area contributed by atoms with Crippen molar-refractivity contribution in [2.75, 3.05) is 25.0 Å². The van der Waals surface area contributed by atoms with E-state index in [9.17, 15) is 13.6 Å². The van der Waals surface area contributed by atoms with Gasteiger partial charge in [0, 0.05) is 24.3 Å². The number of nitrogens with one attached hydrogen (secondary N) is 1. The number of nitrogens with two attached hydrogens (primary N) is 1. The van der Waals surface area contributed by atoms with Gasteiger partial charge in [0.15, 0.2) is 11.6 Å². The van der Waals surface area contributed by atoms with Crippen LogP contribution < -0.4 is 11.1 Å². The van der Waals surface area contributed by atoms with E-state index in [2.05, 4.69) is 5.32 Å². The molecule has 0 aromatic heterocycles. The van der Waals surface area contributed by atoms with Crippen LogP contribution in [0, 0.1) is 11.6 Å². The van der Waals surface area contributed by atoms with Crippen molar-refractivity contribution in [3.05, 3.63) is 29.8 Å². The molecule has 104 valence electrons. The lowest BCUT2D eigenvalue weighted by atomic mass is 10.1. The minimum Gasteiger partial charge on any atom is -0.327 e. The van der Waals surface area contributed by atoms with E-state index in [0.29, 0.717) is 6.54 Å². The lowest BCUT2D eigenvalue weighted by molar-refractivity contribution is -0.117. The zero-order valence-electron chi connectivity index (χ0n) is 10.5. The molecule has 1 aromatic carbocycles. The highest BCUT2D eigenvalue weighted by molar-refractivity contribution is 5.92. The van der Waals surface area contributed by atoms with Crippen LogP contribution in [-0.4, -0.2) is 36.5 Å². The lowest BCUT2D eigenvalue weighted by Crippen LogP contribution is -2.45. The summed E-state index contributed by atoms with van der Waals surface area (Å²) in [4.78, 5) is 13.7. The first-order valence-corrected chi connectivity index (χ1v) is 6.27. The summed E-state index contributed by atoms with van der Waals surface area (Å²) in [7, 11) is 0. The Bertz CT molecular complexity index is 467. The number of carbonyl (C=O) groups is 1. The van der Waals surface area contributed by atoms with Gasteiger partial charge in [-0.05, 0) is 31.5 Å². The highest BCUT2D eigenvalue weighted by atomic mass is 19.2. The minimum atomic E-state index is -0.974. The normalized spacial score (nSPS) is 20.3. The molecule has 0 aliphatic carbocycles. The first-order valence-electron chi connectivity index (χ1n) is 6.27. The third-order valence-electron chi connectivity index (χ3n) is 3.11. The number of piperidine rings is 1. The van der Waals surface area contributed by atoms with Gasteiger partial charge < -0.3 is 11.1 Å². The molecule has 1 aromatic rings. The number of nitrogens with zero attached hydrogens (tertiary/aromatic N) is 1.